The maximum atomic E-state index is 14.1. The fraction of sp³-hybridized carbons (Fsp3) is 0.185. The van der Waals surface area contributed by atoms with Crippen LogP contribution < -0.4 is 5.01 Å². The lowest BCUT2D eigenvalue weighted by Crippen LogP contribution is -2.57. The van der Waals surface area contributed by atoms with Crippen molar-refractivity contribution in [3.8, 4) is 0 Å². The van der Waals surface area contributed by atoms with Gasteiger partial charge < -0.3 is 4.74 Å². The van der Waals surface area contributed by atoms with Gasteiger partial charge in [0, 0.05) is 11.1 Å². The number of Topliss-reactive ketones (excluding diaryl/α,β-unsaturated/α-hetero) is 2. The second-order valence-electron chi connectivity index (χ2n) is 8.17. The second-order valence-corrected chi connectivity index (χ2v) is 8.17. The number of anilines is 1. The number of esters is 1. The van der Waals surface area contributed by atoms with Gasteiger partial charge in [-0.25, -0.2) is 9.80 Å². The molecule has 1 aliphatic carbocycles. The Morgan fingerprint density at radius 1 is 0.909 bits per heavy atom. The highest BCUT2D eigenvalue weighted by molar-refractivity contribution is 6.46. The molecule has 0 N–H and O–H groups in total. The van der Waals surface area contributed by atoms with Crippen molar-refractivity contribution in [2.45, 2.75) is 25.3 Å². The van der Waals surface area contributed by atoms with Crippen LogP contribution in [-0.4, -0.2) is 35.4 Å². The number of ketones is 2. The molecular weight excluding hydrogens is 416 g/mol. The first-order chi connectivity index (χ1) is 16.0. The van der Waals surface area contributed by atoms with Gasteiger partial charge in [-0.2, -0.15) is 5.10 Å². The number of ether oxygens (including phenoxy) is 1. The molecule has 5 rings (SSSR count). The van der Waals surface area contributed by atoms with Gasteiger partial charge in [0.2, 0.25) is 5.54 Å². The third kappa shape index (κ3) is 2.94. The van der Waals surface area contributed by atoms with Crippen molar-refractivity contribution >= 4 is 28.9 Å². The van der Waals surface area contributed by atoms with Crippen molar-refractivity contribution in [3.63, 3.8) is 0 Å². The van der Waals surface area contributed by atoms with E-state index in [9.17, 15) is 14.4 Å². The van der Waals surface area contributed by atoms with E-state index in [-0.39, 0.29) is 23.9 Å². The van der Waals surface area contributed by atoms with E-state index in [4.69, 9.17) is 4.74 Å². The lowest BCUT2D eigenvalue weighted by atomic mass is 9.73. The first-order valence-corrected chi connectivity index (χ1v) is 10.9. The van der Waals surface area contributed by atoms with Crippen LogP contribution in [0.1, 0.15) is 44.7 Å². The van der Waals surface area contributed by atoms with Gasteiger partial charge in [-0.15, -0.1) is 0 Å². The highest BCUT2D eigenvalue weighted by atomic mass is 16.5. The smallest absolute Gasteiger partial charge is 0.355 e. The highest BCUT2D eigenvalue weighted by Gasteiger charge is 2.67. The van der Waals surface area contributed by atoms with Crippen molar-refractivity contribution in [1.29, 1.82) is 0 Å². The van der Waals surface area contributed by atoms with E-state index in [2.05, 4.69) is 5.10 Å². The third-order valence-corrected chi connectivity index (χ3v) is 6.24. The van der Waals surface area contributed by atoms with E-state index in [1.165, 1.54) is 5.01 Å². The van der Waals surface area contributed by atoms with Gasteiger partial charge in [0.25, 0.3) is 0 Å². The summed E-state index contributed by atoms with van der Waals surface area (Å²) in [6.45, 7) is 3.81. The minimum Gasteiger partial charge on any atom is -0.461 e. The van der Waals surface area contributed by atoms with Crippen LogP contribution in [0.25, 0.3) is 0 Å². The Morgan fingerprint density at radius 3 is 2.06 bits per heavy atom. The zero-order valence-corrected chi connectivity index (χ0v) is 18.3. The number of rotatable bonds is 4. The first-order valence-electron chi connectivity index (χ1n) is 10.9. The number of hydrazone groups is 1. The van der Waals surface area contributed by atoms with Crippen LogP contribution in [-0.2, 0) is 9.53 Å². The van der Waals surface area contributed by atoms with Gasteiger partial charge in [0.05, 0.1) is 18.2 Å². The van der Waals surface area contributed by atoms with E-state index in [0.717, 1.165) is 5.56 Å². The highest BCUT2D eigenvalue weighted by Crippen LogP contribution is 2.50. The van der Waals surface area contributed by atoms with Crippen molar-refractivity contribution in [2.75, 3.05) is 11.6 Å². The molecule has 0 radical (unpaired) electrons. The van der Waals surface area contributed by atoms with Gasteiger partial charge in [0.15, 0.2) is 17.3 Å². The fourth-order valence-corrected chi connectivity index (χ4v) is 4.76. The van der Waals surface area contributed by atoms with E-state index in [1.807, 2.05) is 37.3 Å². The number of aryl methyl sites for hydroxylation is 1. The Labute approximate surface area is 191 Å². The topological polar surface area (TPSA) is 76.0 Å². The molecule has 0 saturated carbocycles. The zero-order chi connectivity index (χ0) is 23.2. The SMILES string of the molecule is CCOC(=O)C1=NN(c2ccccc2)C2(C(=O)c3ccccc3C2=O)[C@H]1c1ccc(C)cc1. The molecule has 3 aromatic rings. The van der Waals surface area contributed by atoms with Gasteiger partial charge in [-0.05, 0) is 31.5 Å². The molecule has 6 heteroatoms. The summed E-state index contributed by atoms with van der Waals surface area (Å²) < 4.78 is 5.32. The number of fused-ring (bicyclic) bond motifs is 1. The molecule has 1 heterocycles. The van der Waals surface area contributed by atoms with Crippen LogP contribution in [0.15, 0.2) is 84.0 Å². The first kappa shape index (κ1) is 20.8. The maximum absolute atomic E-state index is 14.1. The van der Waals surface area contributed by atoms with E-state index in [1.54, 1.807) is 55.5 Å². The quantitative estimate of drug-likeness (QED) is 0.448. The fourth-order valence-electron chi connectivity index (χ4n) is 4.76. The predicted octanol–water partition coefficient (Wildman–Crippen LogP) is 4.34. The number of hydrogen-bond donors (Lipinski definition) is 0. The van der Waals surface area contributed by atoms with Crippen molar-refractivity contribution in [3.05, 3.63) is 101 Å². The van der Waals surface area contributed by atoms with Crippen molar-refractivity contribution < 1.29 is 19.1 Å². The molecule has 0 aromatic heterocycles. The lowest BCUT2D eigenvalue weighted by molar-refractivity contribution is -0.135. The Bertz CT molecular complexity index is 1260. The molecule has 2 aliphatic rings. The molecule has 0 amide bonds. The van der Waals surface area contributed by atoms with Gasteiger partial charge in [-0.1, -0.05) is 72.3 Å². The summed E-state index contributed by atoms with van der Waals surface area (Å²) in [4.78, 5) is 41.3. The average Bonchev–Trinajstić information content (AvgIpc) is 3.31. The molecule has 0 saturated heterocycles. The number of hydrogen-bond acceptors (Lipinski definition) is 6. The Hall–Kier alpha value is -4.06. The molecule has 0 bridgehead atoms. The van der Waals surface area contributed by atoms with Crippen LogP contribution in [0.2, 0.25) is 0 Å². The summed E-state index contributed by atoms with van der Waals surface area (Å²) in [5.74, 6) is -2.32. The normalized spacial score (nSPS) is 18.4. The number of nitrogens with zero attached hydrogens (tertiary/aromatic N) is 2. The Kier molecular flexibility index (Phi) is 4.93. The van der Waals surface area contributed by atoms with Gasteiger partial charge >= 0.3 is 5.97 Å². The molecule has 33 heavy (non-hydrogen) atoms. The van der Waals surface area contributed by atoms with Crippen LogP contribution in [0.4, 0.5) is 5.69 Å². The molecule has 1 aliphatic heterocycles. The average molecular weight is 438 g/mol. The van der Waals surface area contributed by atoms with Crippen LogP contribution in [0.3, 0.4) is 0 Å². The Morgan fingerprint density at radius 2 is 1.48 bits per heavy atom. The maximum Gasteiger partial charge on any atom is 0.355 e. The van der Waals surface area contributed by atoms with E-state index < -0.39 is 17.4 Å². The molecule has 1 spiro atoms. The molecule has 0 fully saturated rings. The number of para-hydroxylation sites is 1. The number of benzene rings is 3. The number of carbonyl (C=O) groups excluding carboxylic acids is 3. The molecule has 3 aromatic carbocycles. The molecule has 164 valence electrons. The summed E-state index contributed by atoms with van der Waals surface area (Å²) in [7, 11) is 0. The van der Waals surface area contributed by atoms with E-state index >= 15 is 0 Å². The lowest BCUT2D eigenvalue weighted by Gasteiger charge is -2.35. The minimum absolute atomic E-state index is 0.0408. The number of carbonyl (C=O) groups is 3. The van der Waals surface area contributed by atoms with E-state index in [0.29, 0.717) is 22.4 Å². The van der Waals surface area contributed by atoms with Crippen LogP contribution >= 0.6 is 0 Å². The van der Waals surface area contributed by atoms with Crippen molar-refractivity contribution in [1.82, 2.24) is 0 Å². The van der Waals surface area contributed by atoms with Crippen molar-refractivity contribution in [2.24, 2.45) is 5.10 Å². The molecule has 6 nitrogen and oxygen atoms in total. The summed E-state index contributed by atoms with van der Waals surface area (Å²) >= 11 is 0. The minimum atomic E-state index is -1.75. The summed E-state index contributed by atoms with van der Waals surface area (Å²) in [5.41, 5.74) is 1.18. The summed E-state index contributed by atoms with van der Waals surface area (Å²) in [6.07, 6.45) is 0. The monoisotopic (exact) mass is 438 g/mol. The summed E-state index contributed by atoms with van der Waals surface area (Å²) in [6, 6.07) is 23.3. The second kappa shape index (κ2) is 7.81. The van der Waals surface area contributed by atoms with Gasteiger partial charge in [-0.3, -0.25) is 9.59 Å². The summed E-state index contributed by atoms with van der Waals surface area (Å²) in [5, 5.41) is 6.04. The Balaban J connectivity index is 1.81. The largest absolute Gasteiger partial charge is 0.461 e. The molecule has 1 atom stereocenters. The standard InChI is InChI=1S/C27H22N2O4/c1-3-33-26(32)23-22(18-15-13-17(2)14-16-18)27(29(28-23)19-9-5-4-6-10-19)24(30)20-11-7-8-12-21(20)25(27)31/h4-16,22H,3H2,1-2H3/t22-/m0/s1. The third-order valence-electron chi connectivity index (χ3n) is 6.24. The van der Waals surface area contributed by atoms with Gasteiger partial charge in [0.1, 0.15) is 0 Å². The molecular formula is C27H22N2O4. The zero-order valence-electron chi connectivity index (χ0n) is 18.3. The van der Waals surface area contributed by atoms with Crippen LogP contribution in [0, 0.1) is 6.92 Å². The molecule has 0 unspecified atom stereocenters. The predicted molar refractivity (Wildman–Crippen MR) is 125 cm³/mol. The van der Waals surface area contributed by atoms with Crippen LogP contribution in [0.5, 0.6) is 0 Å².